The number of carboxylic acids is 2. The minimum atomic E-state index is -1.05. The highest BCUT2D eigenvalue weighted by molar-refractivity contribution is 7.98. The predicted octanol–water partition coefficient (Wildman–Crippen LogP) is 4.71. The van der Waals surface area contributed by atoms with Gasteiger partial charge in [-0.15, -0.1) is 11.8 Å². The summed E-state index contributed by atoms with van der Waals surface area (Å²) >= 11 is 1.33. The maximum Gasteiger partial charge on any atom is 0.355 e. The van der Waals surface area contributed by atoms with Crippen LogP contribution in [0.2, 0.25) is 0 Å². The monoisotopic (exact) mass is 464 g/mol. The molecule has 4 rings (SSSR count). The maximum atomic E-state index is 12.0. The Morgan fingerprint density at radius 2 is 1.73 bits per heavy atom. The number of thioether (sulfide) groups is 1. The minimum absolute atomic E-state index is 0.104. The summed E-state index contributed by atoms with van der Waals surface area (Å²) in [5.74, 6) is -1.29. The van der Waals surface area contributed by atoms with Crippen molar-refractivity contribution in [3.8, 4) is 11.3 Å². The van der Waals surface area contributed by atoms with Crippen LogP contribution in [0, 0.1) is 0 Å². The van der Waals surface area contributed by atoms with Gasteiger partial charge in [-0.3, -0.25) is 4.40 Å². The number of carboxylic acid groups (broad SMARTS) is 2. The van der Waals surface area contributed by atoms with Gasteiger partial charge in [0.05, 0.1) is 0 Å². The Morgan fingerprint density at radius 1 is 1.00 bits per heavy atom. The fraction of sp³-hybridized carbons (Fsp3) is 0.250. The van der Waals surface area contributed by atoms with Gasteiger partial charge in [-0.05, 0) is 30.4 Å². The van der Waals surface area contributed by atoms with Crippen LogP contribution in [-0.2, 0) is 13.0 Å². The van der Waals surface area contributed by atoms with Crippen molar-refractivity contribution in [1.29, 1.82) is 0 Å². The van der Waals surface area contributed by atoms with E-state index < -0.39 is 11.9 Å². The minimum Gasteiger partial charge on any atom is -0.476 e. The van der Waals surface area contributed by atoms with Crippen molar-refractivity contribution in [2.75, 3.05) is 6.26 Å². The van der Waals surface area contributed by atoms with Gasteiger partial charge in [0.15, 0.2) is 11.4 Å². The Bertz CT molecular complexity index is 1320. The molecule has 2 N–H and O–H groups in total. The summed E-state index contributed by atoms with van der Waals surface area (Å²) in [6.07, 6.45) is 6.13. The van der Waals surface area contributed by atoms with Crippen LogP contribution in [0.15, 0.2) is 53.7 Å². The van der Waals surface area contributed by atoms with Crippen LogP contribution in [0.1, 0.15) is 52.1 Å². The molecule has 0 aliphatic carbocycles. The number of benzene rings is 1. The number of aromatic nitrogens is 4. The van der Waals surface area contributed by atoms with Gasteiger partial charge in [-0.25, -0.2) is 19.6 Å². The first-order valence-electron chi connectivity index (χ1n) is 10.6. The highest BCUT2D eigenvalue weighted by atomic mass is 32.2. The Balaban J connectivity index is 1.70. The quantitative estimate of drug-likeness (QED) is 0.345. The second kappa shape index (κ2) is 9.50. The topological polar surface area (TPSA) is 110 Å². The molecule has 0 saturated heterocycles. The standard InChI is InChI=1S/C24H24N4O4S/c1-3-4-7-18-26-22(33-2)21(24(31)32)28(18)14-15-9-11-16(12-10-15)19-20(23(29)30)27-13-6-5-8-17(27)25-19/h5-6,8-13H,3-4,7,14H2,1-2H3,(H,29,30)(H,31,32). The number of hydrogen-bond acceptors (Lipinski definition) is 5. The predicted molar refractivity (Wildman–Crippen MR) is 126 cm³/mol. The number of fused-ring (bicyclic) bond motifs is 1. The van der Waals surface area contributed by atoms with Gasteiger partial charge >= 0.3 is 11.9 Å². The average Bonchev–Trinajstić information content (AvgIpc) is 3.36. The van der Waals surface area contributed by atoms with Crippen molar-refractivity contribution in [2.45, 2.75) is 37.8 Å². The Hall–Kier alpha value is -3.59. The number of aryl methyl sites for hydroxylation is 1. The third-order valence-corrected chi connectivity index (χ3v) is 6.14. The van der Waals surface area contributed by atoms with Crippen LogP contribution in [0.5, 0.6) is 0 Å². The fourth-order valence-corrected chi connectivity index (χ4v) is 4.46. The van der Waals surface area contributed by atoms with E-state index in [0.717, 1.165) is 24.2 Å². The molecule has 4 aromatic rings. The van der Waals surface area contributed by atoms with Crippen LogP contribution in [0.4, 0.5) is 0 Å². The number of aromatic carboxylic acids is 2. The lowest BCUT2D eigenvalue weighted by atomic mass is 10.1. The van der Waals surface area contributed by atoms with Crippen LogP contribution >= 0.6 is 11.8 Å². The van der Waals surface area contributed by atoms with E-state index in [2.05, 4.69) is 16.9 Å². The normalized spacial score (nSPS) is 11.2. The van der Waals surface area contributed by atoms with Crippen molar-refractivity contribution in [2.24, 2.45) is 0 Å². The number of carbonyl (C=O) groups is 2. The highest BCUT2D eigenvalue weighted by Gasteiger charge is 2.23. The molecule has 3 aromatic heterocycles. The van der Waals surface area contributed by atoms with Crippen LogP contribution < -0.4 is 0 Å². The summed E-state index contributed by atoms with van der Waals surface area (Å²) in [5.41, 5.74) is 2.83. The van der Waals surface area contributed by atoms with E-state index in [-0.39, 0.29) is 11.4 Å². The highest BCUT2D eigenvalue weighted by Crippen LogP contribution is 2.27. The summed E-state index contributed by atoms with van der Waals surface area (Å²) in [4.78, 5) is 32.9. The van der Waals surface area contributed by atoms with Gasteiger partial charge in [0.1, 0.15) is 22.2 Å². The molecule has 170 valence electrons. The van der Waals surface area contributed by atoms with E-state index in [4.69, 9.17) is 0 Å². The largest absolute Gasteiger partial charge is 0.476 e. The molecule has 0 atom stereocenters. The zero-order valence-electron chi connectivity index (χ0n) is 18.4. The molecule has 0 fully saturated rings. The number of nitrogens with zero attached hydrogens (tertiary/aromatic N) is 4. The lowest BCUT2D eigenvalue weighted by Gasteiger charge is -2.11. The van der Waals surface area contributed by atoms with Crippen molar-refractivity contribution in [1.82, 2.24) is 18.9 Å². The summed E-state index contributed by atoms with van der Waals surface area (Å²) in [6.45, 7) is 2.45. The first-order valence-corrected chi connectivity index (χ1v) is 11.8. The molecule has 0 saturated carbocycles. The first kappa shape index (κ1) is 22.6. The van der Waals surface area contributed by atoms with Crippen molar-refractivity contribution in [3.05, 3.63) is 71.4 Å². The molecule has 0 spiro atoms. The van der Waals surface area contributed by atoms with E-state index in [1.807, 2.05) is 36.6 Å². The third kappa shape index (κ3) is 4.36. The SMILES string of the molecule is CCCCc1nc(SC)c(C(=O)O)n1Cc1ccc(-c2nc3ccccn3c2C(=O)O)cc1. The lowest BCUT2D eigenvalue weighted by molar-refractivity contribution is 0.0674. The maximum absolute atomic E-state index is 12.0. The van der Waals surface area contributed by atoms with Crippen molar-refractivity contribution < 1.29 is 19.8 Å². The summed E-state index contributed by atoms with van der Waals surface area (Å²) in [6, 6.07) is 12.7. The third-order valence-electron chi connectivity index (χ3n) is 5.47. The molecule has 1 aromatic carbocycles. The number of pyridine rings is 1. The number of hydrogen-bond donors (Lipinski definition) is 2. The van der Waals surface area contributed by atoms with Gasteiger partial charge < -0.3 is 14.8 Å². The van der Waals surface area contributed by atoms with E-state index in [1.54, 1.807) is 27.3 Å². The molecule has 0 unspecified atom stereocenters. The second-order valence-electron chi connectivity index (χ2n) is 7.62. The smallest absolute Gasteiger partial charge is 0.355 e. The van der Waals surface area contributed by atoms with E-state index in [9.17, 15) is 19.8 Å². The summed E-state index contributed by atoms with van der Waals surface area (Å²) in [7, 11) is 0. The van der Waals surface area contributed by atoms with E-state index >= 15 is 0 Å². The molecule has 3 heterocycles. The Morgan fingerprint density at radius 3 is 2.36 bits per heavy atom. The van der Waals surface area contributed by atoms with Gasteiger partial charge in [0.2, 0.25) is 0 Å². The average molecular weight is 465 g/mol. The van der Waals surface area contributed by atoms with Gasteiger partial charge in [-0.2, -0.15) is 0 Å². The van der Waals surface area contributed by atoms with E-state index in [1.165, 1.54) is 11.8 Å². The number of rotatable bonds is 9. The van der Waals surface area contributed by atoms with Crippen LogP contribution in [0.25, 0.3) is 16.9 Å². The number of unbranched alkanes of at least 4 members (excludes halogenated alkanes) is 1. The fourth-order valence-electron chi connectivity index (χ4n) is 3.87. The number of imidazole rings is 2. The van der Waals surface area contributed by atoms with E-state index in [0.29, 0.717) is 34.9 Å². The van der Waals surface area contributed by atoms with Crippen molar-refractivity contribution >= 4 is 29.3 Å². The zero-order chi connectivity index (χ0) is 23.5. The Labute approximate surface area is 194 Å². The van der Waals surface area contributed by atoms with Crippen molar-refractivity contribution in [3.63, 3.8) is 0 Å². The molecule has 0 bridgehead atoms. The first-order chi connectivity index (χ1) is 15.9. The zero-order valence-corrected chi connectivity index (χ0v) is 19.2. The molecular weight excluding hydrogens is 440 g/mol. The van der Waals surface area contributed by atoms with Gasteiger partial charge in [0.25, 0.3) is 0 Å². The molecule has 0 aliphatic heterocycles. The van der Waals surface area contributed by atoms with Gasteiger partial charge in [-0.1, -0.05) is 43.7 Å². The molecule has 0 amide bonds. The lowest BCUT2D eigenvalue weighted by Crippen LogP contribution is -2.13. The van der Waals surface area contributed by atoms with Crippen LogP contribution in [-0.4, -0.2) is 47.3 Å². The molecular formula is C24H24N4O4S. The van der Waals surface area contributed by atoms with Crippen LogP contribution in [0.3, 0.4) is 0 Å². The molecule has 0 aliphatic rings. The summed E-state index contributed by atoms with van der Waals surface area (Å²) in [5, 5.41) is 20.1. The van der Waals surface area contributed by atoms with Gasteiger partial charge in [0, 0.05) is 24.7 Å². The molecule has 0 radical (unpaired) electrons. The molecule has 8 nitrogen and oxygen atoms in total. The summed E-state index contributed by atoms with van der Waals surface area (Å²) < 4.78 is 3.33. The second-order valence-corrected chi connectivity index (χ2v) is 8.42. The molecule has 33 heavy (non-hydrogen) atoms. The Kier molecular flexibility index (Phi) is 6.50. The molecule has 9 heteroatoms.